The molecule has 0 bridgehead atoms. The van der Waals surface area contributed by atoms with Crippen molar-refractivity contribution in [3.05, 3.63) is 35.6 Å². The number of nitrogens with zero attached hydrogens (tertiary/aromatic N) is 1. The highest BCUT2D eigenvalue weighted by Gasteiger charge is 2.45. The molecule has 1 N–H and O–H groups in total. The summed E-state index contributed by atoms with van der Waals surface area (Å²) in [4.78, 5) is 0. The highest BCUT2D eigenvalue weighted by molar-refractivity contribution is 5.27. The van der Waals surface area contributed by atoms with Crippen LogP contribution in [0.25, 0.3) is 0 Å². The first kappa shape index (κ1) is 11.1. The highest BCUT2D eigenvalue weighted by atomic mass is 19.1. The zero-order chi connectivity index (χ0) is 11.6. The van der Waals surface area contributed by atoms with E-state index in [1.165, 1.54) is 6.07 Å². The van der Waals surface area contributed by atoms with E-state index in [0.29, 0.717) is 5.56 Å². The molecule has 84 valence electrons. The molecule has 1 aromatic carbocycles. The molecule has 1 aromatic rings. The van der Waals surface area contributed by atoms with Gasteiger partial charge in [-0.3, -0.25) is 0 Å². The number of nitrogens with one attached hydrogen (secondary N) is 1. The summed E-state index contributed by atoms with van der Waals surface area (Å²) < 4.78 is 13.7. The fourth-order valence-electron chi connectivity index (χ4n) is 2.46. The number of hydrogen-bond donors (Lipinski definition) is 1. The third kappa shape index (κ3) is 1.60. The molecule has 1 aliphatic rings. The molecule has 0 radical (unpaired) electrons. The highest BCUT2D eigenvalue weighted by Crippen LogP contribution is 2.49. The van der Waals surface area contributed by atoms with E-state index in [1.807, 2.05) is 6.07 Å². The molecule has 0 saturated heterocycles. The van der Waals surface area contributed by atoms with E-state index < -0.39 is 5.41 Å². The van der Waals surface area contributed by atoms with Gasteiger partial charge in [-0.2, -0.15) is 5.26 Å². The first-order valence-corrected chi connectivity index (χ1v) is 5.56. The van der Waals surface area contributed by atoms with Crippen LogP contribution in [0.3, 0.4) is 0 Å². The van der Waals surface area contributed by atoms with Crippen LogP contribution in [-0.2, 0) is 0 Å². The van der Waals surface area contributed by atoms with Crippen molar-refractivity contribution in [2.75, 3.05) is 7.05 Å². The maximum Gasteiger partial charge on any atom is 0.128 e. The van der Waals surface area contributed by atoms with Gasteiger partial charge in [0.1, 0.15) is 5.82 Å². The van der Waals surface area contributed by atoms with Crippen LogP contribution in [0.2, 0.25) is 0 Å². The van der Waals surface area contributed by atoms with Crippen LogP contribution in [0.1, 0.15) is 30.9 Å². The monoisotopic (exact) mass is 218 g/mol. The van der Waals surface area contributed by atoms with Crippen LogP contribution >= 0.6 is 0 Å². The quantitative estimate of drug-likeness (QED) is 0.846. The third-order valence-corrected chi connectivity index (χ3v) is 3.53. The summed E-state index contributed by atoms with van der Waals surface area (Å²) in [5.74, 6) is -0.233. The van der Waals surface area contributed by atoms with Gasteiger partial charge < -0.3 is 5.32 Å². The fourth-order valence-corrected chi connectivity index (χ4v) is 2.46. The number of nitriles is 1. The summed E-state index contributed by atoms with van der Waals surface area (Å²) in [5.41, 5.74) is 0.183. The second-order valence-corrected chi connectivity index (χ2v) is 4.36. The molecule has 1 fully saturated rings. The Morgan fingerprint density at radius 2 is 2.12 bits per heavy atom. The molecule has 0 aromatic heterocycles. The molecular weight excluding hydrogens is 203 g/mol. The van der Waals surface area contributed by atoms with Crippen molar-refractivity contribution in [2.45, 2.75) is 25.3 Å². The van der Waals surface area contributed by atoms with E-state index in [4.69, 9.17) is 0 Å². The van der Waals surface area contributed by atoms with Crippen LogP contribution in [0, 0.1) is 22.6 Å². The van der Waals surface area contributed by atoms with Crippen molar-refractivity contribution >= 4 is 0 Å². The van der Waals surface area contributed by atoms with E-state index >= 15 is 0 Å². The zero-order valence-electron chi connectivity index (χ0n) is 9.33. The van der Waals surface area contributed by atoms with Gasteiger partial charge in [-0.1, -0.05) is 24.6 Å². The molecule has 0 aliphatic heterocycles. The van der Waals surface area contributed by atoms with E-state index in [9.17, 15) is 9.65 Å². The molecule has 0 amide bonds. The molecule has 2 rings (SSSR count). The SMILES string of the molecule is CNC(c1ccccc1F)C1(C#N)CCC1. The largest absolute Gasteiger partial charge is 0.312 e. The lowest BCUT2D eigenvalue weighted by atomic mass is 9.63. The molecule has 0 spiro atoms. The van der Waals surface area contributed by atoms with Crippen molar-refractivity contribution in [1.82, 2.24) is 5.32 Å². The Hall–Kier alpha value is -1.40. The van der Waals surface area contributed by atoms with Gasteiger partial charge >= 0.3 is 0 Å². The van der Waals surface area contributed by atoms with Gasteiger partial charge in [0, 0.05) is 5.56 Å². The summed E-state index contributed by atoms with van der Waals surface area (Å²) in [7, 11) is 1.79. The number of halogens is 1. The third-order valence-electron chi connectivity index (χ3n) is 3.53. The lowest BCUT2D eigenvalue weighted by Crippen LogP contribution is -2.41. The first-order chi connectivity index (χ1) is 7.73. The van der Waals surface area contributed by atoms with Crippen LogP contribution in [-0.4, -0.2) is 7.05 Å². The van der Waals surface area contributed by atoms with Crippen molar-refractivity contribution < 1.29 is 4.39 Å². The standard InChI is InChI=1S/C13H15FN2/c1-16-12(13(9-15)7-4-8-13)10-5-2-3-6-11(10)14/h2-3,5-6,12,16H,4,7-8H2,1H3. The van der Waals surface area contributed by atoms with Crippen molar-refractivity contribution in [1.29, 1.82) is 5.26 Å². The van der Waals surface area contributed by atoms with Gasteiger partial charge in [0.2, 0.25) is 0 Å². The lowest BCUT2D eigenvalue weighted by molar-refractivity contribution is 0.146. The molecular formula is C13H15FN2. The molecule has 1 unspecified atom stereocenters. The number of hydrogen-bond acceptors (Lipinski definition) is 2. The van der Waals surface area contributed by atoms with Crippen LogP contribution in [0.4, 0.5) is 4.39 Å². The predicted molar refractivity (Wildman–Crippen MR) is 60.1 cm³/mol. The summed E-state index contributed by atoms with van der Waals surface area (Å²) in [6.45, 7) is 0. The zero-order valence-corrected chi connectivity index (χ0v) is 9.33. The molecule has 1 saturated carbocycles. The van der Waals surface area contributed by atoms with Crippen LogP contribution in [0.15, 0.2) is 24.3 Å². The van der Waals surface area contributed by atoms with Gasteiger partial charge in [0.25, 0.3) is 0 Å². The Labute approximate surface area is 95.1 Å². The maximum atomic E-state index is 13.7. The summed E-state index contributed by atoms with van der Waals surface area (Å²) in [6.07, 6.45) is 2.76. The molecule has 2 nitrogen and oxygen atoms in total. The van der Waals surface area contributed by atoms with E-state index in [2.05, 4.69) is 11.4 Å². The minimum Gasteiger partial charge on any atom is -0.312 e. The normalized spacial score (nSPS) is 19.6. The molecule has 0 heterocycles. The minimum atomic E-state index is -0.420. The van der Waals surface area contributed by atoms with Crippen LogP contribution in [0.5, 0.6) is 0 Å². The van der Waals surface area contributed by atoms with Crippen LogP contribution < -0.4 is 5.32 Å². The smallest absolute Gasteiger partial charge is 0.128 e. The Morgan fingerprint density at radius 1 is 1.44 bits per heavy atom. The van der Waals surface area contributed by atoms with Crippen molar-refractivity contribution in [3.63, 3.8) is 0 Å². The molecule has 16 heavy (non-hydrogen) atoms. The Bertz CT molecular complexity index is 418. The van der Waals surface area contributed by atoms with E-state index in [1.54, 1.807) is 19.2 Å². The van der Waals surface area contributed by atoms with Gasteiger partial charge in [-0.15, -0.1) is 0 Å². The molecule has 3 heteroatoms. The second kappa shape index (κ2) is 4.23. The summed E-state index contributed by atoms with van der Waals surface area (Å²) in [6, 6.07) is 8.85. The minimum absolute atomic E-state index is 0.201. The maximum absolute atomic E-state index is 13.7. The average Bonchev–Trinajstić information content (AvgIpc) is 2.25. The lowest BCUT2D eigenvalue weighted by Gasteiger charge is -2.42. The van der Waals surface area contributed by atoms with Gasteiger partial charge in [0.05, 0.1) is 17.5 Å². The Balaban J connectivity index is 2.37. The van der Waals surface area contributed by atoms with Crippen molar-refractivity contribution in [2.24, 2.45) is 5.41 Å². The van der Waals surface area contributed by atoms with Gasteiger partial charge in [-0.25, -0.2) is 4.39 Å². The second-order valence-electron chi connectivity index (χ2n) is 4.36. The Kier molecular flexibility index (Phi) is 2.93. The predicted octanol–water partition coefficient (Wildman–Crippen LogP) is 2.78. The summed E-state index contributed by atoms with van der Waals surface area (Å²) >= 11 is 0. The van der Waals surface area contributed by atoms with E-state index in [-0.39, 0.29) is 11.9 Å². The topological polar surface area (TPSA) is 35.8 Å². The van der Waals surface area contributed by atoms with Gasteiger partial charge in [0.15, 0.2) is 0 Å². The van der Waals surface area contributed by atoms with Gasteiger partial charge in [-0.05, 0) is 26.0 Å². The Morgan fingerprint density at radius 3 is 2.56 bits per heavy atom. The molecule has 1 aliphatic carbocycles. The number of benzene rings is 1. The molecule has 1 atom stereocenters. The van der Waals surface area contributed by atoms with Crippen molar-refractivity contribution in [3.8, 4) is 6.07 Å². The summed E-state index contributed by atoms with van der Waals surface area (Å²) in [5, 5.41) is 12.4. The fraction of sp³-hybridized carbons (Fsp3) is 0.462. The average molecular weight is 218 g/mol. The number of rotatable bonds is 3. The van der Waals surface area contributed by atoms with E-state index in [0.717, 1.165) is 19.3 Å². The first-order valence-electron chi connectivity index (χ1n) is 5.56.